The van der Waals surface area contributed by atoms with Gasteiger partial charge in [0.15, 0.2) is 18.1 Å². The summed E-state index contributed by atoms with van der Waals surface area (Å²) in [5, 5.41) is 0. The van der Waals surface area contributed by atoms with Crippen molar-refractivity contribution < 1.29 is 28.5 Å². The number of methoxy groups -OCH3 is 2. The van der Waals surface area contributed by atoms with Gasteiger partial charge in [0, 0.05) is 0 Å². The summed E-state index contributed by atoms with van der Waals surface area (Å²) < 4.78 is 20.6. The molecule has 0 bridgehead atoms. The first-order valence-corrected chi connectivity index (χ1v) is 7.62. The van der Waals surface area contributed by atoms with E-state index in [1.807, 2.05) is 26.0 Å². The van der Waals surface area contributed by atoms with Gasteiger partial charge >= 0.3 is 11.9 Å². The van der Waals surface area contributed by atoms with Gasteiger partial charge in [0.25, 0.3) is 0 Å². The van der Waals surface area contributed by atoms with E-state index in [2.05, 4.69) is 4.74 Å². The van der Waals surface area contributed by atoms with Crippen LogP contribution in [-0.2, 0) is 9.53 Å². The summed E-state index contributed by atoms with van der Waals surface area (Å²) in [6.45, 7) is 3.64. The first kappa shape index (κ1) is 18.3. The number of carbonyl (C=O) groups is 2. The van der Waals surface area contributed by atoms with Crippen LogP contribution in [0.4, 0.5) is 0 Å². The molecule has 0 heterocycles. The van der Waals surface area contributed by atoms with Gasteiger partial charge in [-0.2, -0.15) is 0 Å². The van der Waals surface area contributed by atoms with Crippen molar-refractivity contribution in [2.75, 3.05) is 20.8 Å². The lowest BCUT2D eigenvalue weighted by Gasteiger charge is -2.12. The van der Waals surface area contributed by atoms with Crippen LogP contribution in [0.3, 0.4) is 0 Å². The molecule has 2 rings (SSSR count). The van der Waals surface area contributed by atoms with Crippen LogP contribution in [0, 0.1) is 13.8 Å². The maximum absolute atomic E-state index is 12.0. The lowest BCUT2D eigenvalue weighted by Crippen LogP contribution is -2.18. The van der Waals surface area contributed by atoms with E-state index in [-0.39, 0.29) is 18.1 Å². The highest BCUT2D eigenvalue weighted by Gasteiger charge is 2.15. The first-order chi connectivity index (χ1) is 12.0. The third-order valence-corrected chi connectivity index (χ3v) is 3.71. The van der Waals surface area contributed by atoms with Crippen LogP contribution in [0.25, 0.3) is 0 Å². The Morgan fingerprint density at radius 3 is 2.40 bits per heavy atom. The molecular weight excluding hydrogens is 324 g/mol. The second kappa shape index (κ2) is 8.19. The number of benzene rings is 2. The molecule has 0 aliphatic heterocycles. The van der Waals surface area contributed by atoms with Crippen molar-refractivity contribution in [2.24, 2.45) is 0 Å². The van der Waals surface area contributed by atoms with Crippen molar-refractivity contribution in [2.45, 2.75) is 13.8 Å². The lowest BCUT2D eigenvalue weighted by atomic mass is 10.1. The van der Waals surface area contributed by atoms with Crippen molar-refractivity contribution in [1.82, 2.24) is 0 Å². The Labute approximate surface area is 146 Å². The molecule has 132 valence electrons. The third-order valence-electron chi connectivity index (χ3n) is 3.71. The molecule has 0 N–H and O–H groups in total. The molecule has 0 amide bonds. The Hall–Kier alpha value is -3.02. The molecule has 6 heteroatoms. The molecule has 0 radical (unpaired) electrons. The van der Waals surface area contributed by atoms with E-state index in [0.29, 0.717) is 11.3 Å². The fourth-order valence-corrected chi connectivity index (χ4v) is 2.17. The van der Waals surface area contributed by atoms with E-state index >= 15 is 0 Å². The van der Waals surface area contributed by atoms with Crippen LogP contribution in [0.15, 0.2) is 36.4 Å². The SMILES string of the molecule is COC(=O)c1ccc(OC(=O)COc2cccc(C)c2C)c(OC)c1. The van der Waals surface area contributed by atoms with Crippen LogP contribution >= 0.6 is 0 Å². The monoisotopic (exact) mass is 344 g/mol. The Morgan fingerprint density at radius 2 is 1.72 bits per heavy atom. The molecule has 6 nitrogen and oxygen atoms in total. The predicted molar refractivity (Wildman–Crippen MR) is 91.4 cm³/mol. The van der Waals surface area contributed by atoms with E-state index in [9.17, 15) is 9.59 Å². The van der Waals surface area contributed by atoms with E-state index < -0.39 is 11.9 Å². The maximum atomic E-state index is 12.0. The van der Waals surface area contributed by atoms with Gasteiger partial charge in [0.1, 0.15) is 5.75 Å². The average molecular weight is 344 g/mol. The van der Waals surface area contributed by atoms with Crippen molar-refractivity contribution >= 4 is 11.9 Å². The fourth-order valence-electron chi connectivity index (χ4n) is 2.17. The van der Waals surface area contributed by atoms with Gasteiger partial charge in [-0.3, -0.25) is 0 Å². The Bertz CT molecular complexity index is 781. The van der Waals surface area contributed by atoms with Gasteiger partial charge in [0.2, 0.25) is 0 Å². The molecular formula is C19H20O6. The number of hydrogen-bond acceptors (Lipinski definition) is 6. The van der Waals surface area contributed by atoms with Crippen LogP contribution in [0.2, 0.25) is 0 Å². The molecule has 0 aromatic heterocycles. The van der Waals surface area contributed by atoms with Crippen molar-refractivity contribution in [3.05, 3.63) is 53.1 Å². The Morgan fingerprint density at radius 1 is 0.960 bits per heavy atom. The summed E-state index contributed by atoms with van der Waals surface area (Å²) in [5.41, 5.74) is 2.34. The van der Waals surface area contributed by atoms with Crippen molar-refractivity contribution in [1.29, 1.82) is 0 Å². The molecule has 25 heavy (non-hydrogen) atoms. The topological polar surface area (TPSA) is 71.1 Å². The van der Waals surface area contributed by atoms with Gasteiger partial charge in [-0.1, -0.05) is 12.1 Å². The minimum absolute atomic E-state index is 0.199. The maximum Gasteiger partial charge on any atom is 0.349 e. The van der Waals surface area contributed by atoms with E-state index in [1.54, 1.807) is 6.07 Å². The largest absolute Gasteiger partial charge is 0.493 e. The summed E-state index contributed by atoms with van der Waals surface area (Å²) in [4.78, 5) is 23.6. The molecule has 0 saturated carbocycles. The van der Waals surface area contributed by atoms with Gasteiger partial charge in [-0.25, -0.2) is 9.59 Å². The number of aryl methyl sites for hydroxylation is 1. The van der Waals surface area contributed by atoms with Gasteiger partial charge in [-0.05, 0) is 49.2 Å². The van der Waals surface area contributed by atoms with E-state index in [1.165, 1.54) is 32.4 Å². The van der Waals surface area contributed by atoms with Crippen LogP contribution in [0.5, 0.6) is 17.2 Å². The zero-order valence-electron chi connectivity index (χ0n) is 14.6. The zero-order valence-corrected chi connectivity index (χ0v) is 14.6. The van der Waals surface area contributed by atoms with E-state index in [0.717, 1.165) is 11.1 Å². The van der Waals surface area contributed by atoms with Gasteiger partial charge in [0.05, 0.1) is 19.8 Å². The molecule has 0 fully saturated rings. The second-order valence-corrected chi connectivity index (χ2v) is 5.32. The van der Waals surface area contributed by atoms with Crippen LogP contribution in [0.1, 0.15) is 21.5 Å². The van der Waals surface area contributed by atoms with Crippen LogP contribution in [-0.4, -0.2) is 32.8 Å². The molecule has 0 aliphatic rings. The number of esters is 2. The molecule has 0 unspecified atom stereocenters. The zero-order chi connectivity index (χ0) is 18.4. The molecule has 0 saturated heterocycles. The highest BCUT2D eigenvalue weighted by Crippen LogP contribution is 2.28. The summed E-state index contributed by atoms with van der Waals surface area (Å²) in [5.74, 6) is -0.00267. The lowest BCUT2D eigenvalue weighted by molar-refractivity contribution is -0.136. The molecule has 0 atom stereocenters. The Balaban J connectivity index is 2.05. The van der Waals surface area contributed by atoms with Crippen molar-refractivity contribution in [3.8, 4) is 17.2 Å². The van der Waals surface area contributed by atoms with Crippen LogP contribution < -0.4 is 14.2 Å². The molecule has 0 aliphatic carbocycles. The van der Waals surface area contributed by atoms with E-state index in [4.69, 9.17) is 14.2 Å². The van der Waals surface area contributed by atoms with Gasteiger partial charge in [-0.15, -0.1) is 0 Å². The first-order valence-electron chi connectivity index (χ1n) is 7.62. The Kier molecular flexibility index (Phi) is 6.00. The minimum atomic E-state index is -0.579. The fraction of sp³-hybridized carbons (Fsp3) is 0.263. The second-order valence-electron chi connectivity index (χ2n) is 5.32. The number of rotatable bonds is 6. The number of hydrogen-bond donors (Lipinski definition) is 0. The molecule has 2 aromatic carbocycles. The predicted octanol–water partition coefficient (Wildman–Crippen LogP) is 3.08. The average Bonchev–Trinajstić information content (AvgIpc) is 2.62. The number of ether oxygens (including phenoxy) is 4. The summed E-state index contributed by atoms with van der Waals surface area (Å²) in [7, 11) is 2.70. The van der Waals surface area contributed by atoms with Crippen molar-refractivity contribution in [3.63, 3.8) is 0 Å². The molecule has 0 spiro atoms. The summed E-state index contributed by atoms with van der Waals surface area (Å²) >= 11 is 0. The summed E-state index contributed by atoms with van der Waals surface area (Å²) in [6, 6.07) is 10.0. The quantitative estimate of drug-likeness (QED) is 0.592. The summed E-state index contributed by atoms with van der Waals surface area (Å²) in [6.07, 6.45) is 0. The minimum Gasteiger partial charge on any atom is -0.493 e. The smallest absolute Gasteiger partial charge is 0.349 e. The highest BCUT2D eigenvalue weighted by molar-refractivity contribution is 5.90. The normalized spacial score (nSPS) is 10.1. The highest BCUT2D eigenvalue weighted by atomic mass is 16.6. The standard InChI is InChI=1S/C19H20O6/c1-12-6-5-7-15(13(12)2)24-11-18(20)25-16-9-8-14(19(21)23-4)10-17(16)22-3/h5-10H,11H2,1-4H3. The third kappa shape index (κ3) is 4.50. The number of carbonyl (C=O) groups excluding carboxylic acids is 2. The van der Waals surface area contributed by atoms with Gasteiger partial charge < -0.3 is 18.9 Å². The molecule has 2 aromatic rings.